The minimum Gasteiger partial charge on any atom is -0.339 e. The molecular formula is C17H26N4O2. The van der Waals surface area contributed by atoms with E-state index in [9.17, 15) is 4.79 Å². The van der Waals surface area contributed by atoms with Crippen LogP contribution >= 0.6 is 0 Å². The Morgan fingerprint density at radius 1 is 1.17 bits per heavy atom. The van der Waals surface area contributed by atoms with Gasteiger partial charge in [-0.2, -0.15) is 4.98 Å². The summed E-state index contributed by atoms with van der Waals surface area (Å²) in [6.07, 6.45) is 7.96. The number of piperidine rings is 1. The zero-order chi connectivity index (χ0) is 15.8. The molecule has 6 heteroatoms. The number of hydrogen-bond donors (Lipinski definition) is 0. The number of likely N-dealkylation sites (tertiary alicyclic amines) is 2. The van der Waals surface area contributed by atoms with Crippen LogP contribution in [-0.2, 0) is 4.79 Å². The third kappa shape index (κ3) is 3.13. The van der Waals surface area contributed by atoms with E-state index in [-0.39, 0.29) is 11.9 Å². The van der Waals surface area contributed by atoms with Crippen molar-refractivity contribution < 1.29 is 9.32 Å². The Hall–Kier alpha value is -1.43. The molecule has 23 heavy (non-hydrogen) atoms. The molecule has 2 atom stereocenters. The molecule has 6 nitrogen and oxygen atoms in total. The van der Waals surface area contributed by atoms with Crippen LogP contribution in [0.15, 0.2) is 4.52 Å². The van der Waals surface area contributed by atoms with Crippen LogP contribution in [0.4, 0.5) is 0 Å². The van der Waals surface area contributed by atoms with E-state index in [4.69, 9.17) is 4.52 Å². The first-order chi connectivity index (χ1) is 11.2. The molecule has 0 bridgehead atoms. The molecule has 4 rings (SSSR count). The smallest absolute Gasteiger partial charge is 0.237 e. The molecular weight excluding hydrogens is 292 g/mol. The molecule has 2 saturated heterocycles. The van der Waals surface area contributed by atoms with Crippen molar-refractivity contribution in [2.75, 3.05) is 19.6 Å². The molecule has 0 aromatic carbocycles. The molecule has 1 aliphatic carbocycles. The van der Waals surface area contributed by atoms with Gasteiger partial charge in [0.15, 0.2) is 5.82 Å². The first-order valence-electron chi connectivity index (χ1n) is 9.09. The van der Waals surface area contributed by atoms with Gasteiger partial charge in [-0.3, -0.25) is 9.69 Å². The second-order valence-electron chi connectivity index (χ2n) is 7.33. The van der Waals surface area contributed by atoms with Crippen molar-refractivity contribution >= 4 is 5.91 Å². The van der Waals surface area contributed by atoms with Gasteiger partial charge in [0.05, 0.1) is 12.6 Å². The third-order valence-corrected chi connectivity index (χ3v) is 5.51. The average Bonchev–Trinajstić information content (AvgIpc) is 3.10. The van der Waals surface area contributed by atoms with E-state index in [1.165, 1.54) is 19.3 Å². The van der Waals surface area contributed by atoms with Crippen LogP contribution in [-0.4, -0.2) is 51.5 Å². The highest BCUT2D eigenvalue weighted by molar-refractivity contribution is 5.78. The van der Waals surface area contributed by atoms with Gasteiger partial charge in [-0.1, -0.05) is 5.16 Å². The lowest BCUT2D eigenvalue weighted by Crippen LogP contribution is -2.46. The van der Waals surface area contributed by atoms with E-state index >= 15 is 0 Å². The second kappa shape index (κ2) is 6.23. The lowest BCUT2D eigenvalue weighted by atomic mass is 10.0. The molecule has 0 N–H and O–H groups in total. The van der Waals surface area contributed by atoms with E-state index < -0.39 is 0 Å². The fourth-order valence-corrected chi connectivity index (χ4v) is 3.92. The molecule has 2 unspecified atom stereocenters. The van der Waals surface area contributed by atoms with Crippen molar-refractivity contribution in [2.24, 2.45) is 0 Å². The molecule has 1 saturated carbocycles. The normalized spacial score (nSPS) is 29.2. The standard InChI is InChI=1S/C17H26N4O2/c1-12-5-2-3-10-21(12)15(22)11-20-9-4-6-14(20)16-18-17(23-19-16)13-7-8-13/h12-14H,2-11H2,1H3. The highest BCUT2D eigenvalue weighted by atomic mass is 16.5. The van der Waals surface area contributed by atoms with Crippen molar-refractivity contribution in [2.45, 2.75) is 69.9 Å². The maximum Gasteiger partial charge on any atom is 0.237 e. The second-order valence-corrected chi connectivity index (χ2v) is 7.33. The minimum atomic E-state index is 0.148. The fourth-order valence-electron chi connectivity index (χ4n) is 3.92. The summed E-state index contributed by atoms with van der Waals surface area (Å²) in [6, 6.07) is 0.527. The van der Waals surface area contributed by atoms with Gasteiger partial charge < -0.3 is 9.42 Å². The Balaban J connectivity index is 1.41. The van der Waals surface area contributed by atoms with Crippen LogP contribution in [0, 0.1) is 0 Å². The van der Waals surface area contributed by atoms with E-state index in [2.05, 4.69) is 26.9 Å². The maximum absolute atomic E-state index is 12.7. The Morgan fingerprint density at radius 2 is 2.04 bits per heavy atom. The monoisotopic (exact) mass is 318 g/mol. The van der Waals surface area contributed by atoms with Gasteiger partial charge in [-0.25, -0.2) is 0 Å². The fraction of sp³-hybridized carbons (Fsp3) is 0.824. The Morgan fingerprint density at radius 3 is 2.83 bits per heavy atom. The highest BCUT2D eigenvalue weighted by Crippen LogP contribution is 2.40. The number of carbonyl (C=O) groups excluding carboxylic acids is 1. The van der Waals surface area contributed by atoms with Gasteiger partial charge >= 0.3 is 0 Å². The lowest BCUT2D eigenvalue weighted by Gasteiger charge is -2.35. The summed E-state index contributed by atoms with van der Waals surface area (Å²) in [5.74, 6) is 2.32. The molecule has 3 aliphatic rings. The quantitative estimate of drug-likeness (QED) is 0.853. The van der Waals surface area contributed by atoms with Gasteiger partial charge in [0.25, 0.3) is 0 Å². The predicted octanol–water partition coefficient (Wildman–Crippen LogP) is 2.48. The third-order valence-electron chi connectivity index (χ3n) is 5.51. The number of carbonyl (C=O) groups is 1. The summed E-state index contributed by atoms with van der Waals surface area (Å²) < 4.78 is 5.40. The molecule has 1 amide bonds. The van der Waals surface area contributed by atoms with Crippen LogP contribution in [0.1, 0.15) is 75.5 Å². The van der Waals surface area contributed by atoms with Gasteiger partial charge in [-0.05, 0) is 58.4 Å². The Kier molecular flexibility index (Phi) is 4.09. The molecule has 1 aromatic rings. The van der Waals surface area contributed by atoms with E-state index in [0.29, 0.717) is 18.5 Å². The number of rotatable bonds is 4. The molecule has 0 radical (unpaired) electrons. The summed E-state index contributed by atoms with van der Waals surface area (Å²) in [5, 5.41) is 4.19. The summed E-state index contributed by atoms with van der Waals surface area (Å²) in [4.78, 5) is 21.6. The van der Waals surface area contributed by atoms with E-state index in [0.717, 1.165) is 50.5 Å². The lowest BCUT2D eigenvalue weighted by molar-refractivity contribution is -0.135. The summed E-state index contributed by atoms with van der Waals surface area (Å²) in [6.45, 7) is 4.51. The predicted molar refractivity (Wildman–Crippen MR) is 84.8 cm³/mol. The first kappa shape index (κ1) is 15.1. The summed E-state index contributed by atoms with van der Waals surface area (Å²) in [5.41, 5.74) is 0. The van der Waals surface area contributed by atoms with E-state index in [1.54, 1.807) is 0 Å². The van der Waals surface area contributed by atoms with Gasteiger partial charge in [0.2, 0.25) is 11.8 Å². The highest BCUT2D eigenvalue weighted by Gasteiger charge is 2.35. The number of aromatic nitrogens is 2. The molecule has 3 heterocycles. The van der Waals surface area contributed by atoms with Crippen LogP contribution in [0.2, 0.25) is 0 Å². The minimum absolute atomic E-state index is 0.148. The van der Waals surface area contributed by atoms with Gasteiger partial charge in [-0.15, -0.1) is 0 Å². The summed E-state index contributed by atoms with van der Waals surface area (Å²) >= 11 is 0. The number of amides is 1. The van der Waals surface area contributed by atoms with Crippen LogP contribution in [0.3, 0.4) is 0 Å². The molecule has 126 valence electrons. The molecule has 0 spiro atoms. The number of nitrogens with zero attached hydrogens (tertiary/aromatic N) is 4. The molecule has 1 aromatic heterocycles. The Bertz CT molecular complexity index is 569. The van der Waals surface area contributed by atoms with Gasteiger partial charge in [0.1, 0.15) is 0 Å². The largest absolute Gasteiger partial charge is 0.339 e. The van der Waals surface area contributed by atoms with Crippen molar-refractivity contribution in [3.63, 3.8) is 0 Å². The number of hydrogen-bond acceptors (Lipinski definition) is 5. The SMILES string of the molecule is CC1CCCCN1C(=O)CN1CCCC1c1noc(C2CC2)n1. The topological polar surface area (TPSA) is 62.5 Å². The van der Waals surface area contributed by atoms with Crippen molar-refractivity contribution in [1.82, 2.24) is 19.9 Å². The Labute approximate surface area is 137 Å². The first-order valence-corrected chi connectivity index (χ1v) is 9.09. The van der Waals surface area contributed by atoms with Crippen molar-refractivity contribution in [3.8, 4) is 0 Å². The maximum atomic E-state index is 12.7. The average molecular weight is 318 g/mol. The van der Waals surface area contributed by atoms with Crippen LogP contribution in [0.5, 0.6) is 0 Å². The summed E-state index contributed by atoms with van der Waals surface area (Å²) in [7, 11) is 0. The van der Waals surface area contributed by atoms with E-state index in [1.807, 2.05) is 0 Å². The molecule has 2 aliphatic heterocycles. The van der Waals surface area contributed by atoms with Crippen LogP contribution < -0.4 is 0 Å². The zero-order valence-electron chi connectivity index (χ0n) is 13.9. The van der Waals surface area contributed by atoms with Gasteiger partial charge in [0, 0.05) is 18.5 Å². The van der Waals surface area contributed by atoms with Crippen molar-refractivity contribution in [3.05, 3.63) is 11.7 Å². The molecule has 3 fully saturated rings. The van der Waals surface area contributed by atoms with Crippen LogP contribution in [0.25, 0.3) is 0 Å². The zero-order valence-corrected chi connectivity index (χ0v) is 13.9. The van der Waals surface area contributed by atoms with Crippen molar-refractivity contribution in [1.29, 1.82) is 0 Å².